The van der Waals surface area contributed by atoms with Crippen molar-refractivity contribution in [2.75, 3.05) is 12.0 Å². The number of thiol groups is 1. The number of amides is 2. The second kappa shape index (κ2) is 12.2. The quantitative estimate of drug-likeness (QED) is 0.309. The molecule has 0 aromatic heterocycles. The third kappa shape index (κ3) is 9.30. The van der Waals surface area contributed by atoms with Crippen LogP contribution in [-0.4, -0.2) is 35.2 Å². The number of carbonyl (C=O) groups excluding carboxylic acids is 2. The first-order chi connectivity index (χ1) is 9.96. The van der Waals surface area contributed by atoms with Gasteiger partial charge in [-0.1, -0.05) is 40.0 Å². The largest absolute Gasteiger partial charge is 0.344 e. The molecule has 0 spiro atoms. The lowest BCUT2D eigenvalue weighted by atomic mass is 10.0. The molecule has 0 saturated carbocycles. The monoisotopic (exact) mass is 334 g/mol. The molecule has 0 unspecified atom stereocenters. The van der Waals surface area contributed by atoms with Crippen LogP contribution in [0.4, 0.5) is 0 Å². The van der Waals surface area contributed by atoms with E-state index in [0.29, 0.717) is 12.2 Å². The fourth-order valence-corrected chi connectivity index (χ4v) is 2.84. The van der Waals surface area contributed by atoms with Gasteiger partial charge in [-0.15, -0.1) is 11.8 Å². The SMILES string of the molecule is CCCCCCC(=O)N[C@H](C(=O)N[C@@H](CS)SC)C(C)C. The fourth-order valence-electron chi connectivity index (χ4n) is 1.92. The van der Waals surface area contributed by atoms with Gasteiger partial charge in [-0.2, -0.15) is 12.6 Å². The van der Waals surface area contributed by atoms with E-state index >= 15 is 0 Å². The van der Waals surface area contributed by atoms with Crippen LogP contribution in [0.15, 0.2) is 0 Å². The van der Waals surface area contributed by atoms with E-state index in [1.165, 1.54) is 0 Å². The van der Waals surface area contributed by atoms with Crippen molar-refractivity contribution in [3.05, 3.63) is 0 Å². The van der Waals surface area contributed by atoms with Gasteiger partial charge in [-0.25, -0.2) is 0 Å². The van der Waals surface area contributed by atoms with Gasteiger partial charge in [-0.05, 0) is 18.6 Å². The Bertz CT molecular complexity index is 308. The summed E-state index contributed by atoms with van der Waals surface area (Å²) in [5.41, 5.74) is 0. The lowest BCUT2D eigenvalue weighted by molar-refractivity contribution is -0.130. The summed E-state index contributed by atoms with van der Waals surface area (Å²) < 4.78 is 0. The number of nitrogens with one attached hydrogen (secondary N) is 2. The number of rotatable bonds is 11. The van der Waals surface area contributed by atoms with Gasteiger partial charge in [-0.3, -0.25) is 9.59 Å². The third-order valence-corrected chi connectivity index (χ3v) is 4.74. The molecule has 2 N–H and O–H groups in total. The zero-order valence-electron chi connectivity index (χ0n) is 13.6. The Kier molecular flexibility index (Phi) is 12.0. The van der Waals surface area contributed by atoms with Crippen molar-refractivity contribution in [1.82, 2.24) is 10.6 Å². The number of hydrogen-bond acceptors (Lipinski definition) is 4. The molecule has 0 bridgehead atoms. The summed E-state index contributed by atoms with van der Waals surface area (Å²) in [6, 6.07) is -0.474. The van der Waals surface area contributed by atoms with Crippen LogP contribution in [0.5, 0.6) is 0 Å². The van der Waals surface area contributed by atoms with E-state index in [-0.39, 0.29) is 23.1 Å². The molecule has 0 aliphatic rings. The minimum absolute atomic E-state index is 0.0245. The summed E-state index contributed by atoms with van der Waals surface area (Å²) in [7, 11) is 0. The molecular weight excluding hydrogens is 304 g/mol. The minimum Gasteiger partial charge on any atom is -0.344 e. The summed E-state index contributed by atoms with van der Waals surface area (Å²) in [5.74, 6) is 0.474. The van der Waals surface area contributed by atoms with Gasteiger partial charge in [0.25, 0.3) is 0 Å². The Morgan fingerprint density at radius 3 is 2.29 bits per heavy atom. The highest BCUT2D eigenvalue weighted by molar-refractivity contribution is 7.99. The summed E-state index contributed by atoms with van der Waals surface area (Å²) >= 11 is 5.75. The van der Waals surface area contributed by atoms with E-state index in [1.807, 2.05) is 20.1 Å². The third-order valence-electron chi connectivity index (χ3n) is 3.28. The van der Waals surface area contributed by atoms with E-state index in [4.69, 9.17) is 0 Å². The van der Waals surface area contributed by atoms with E-state index < -0.39 is 6.04 Å². The predicted octanol–water partition coefficient (Wildman–Crippen LogP) is 2.83. The summed E-state index contributed by atoms with van der Waals surface area (Å²) in [5, 5.41) is 5.75. The average Bonchev–Trinajstić information content (AvgIpc) is 2.46. The molecule has 2 amide bonds. The van der Waals surface area contributed by atoms with Gasteiger partial charge in [0.15, 0.2) is 0 Å². The molecule has 0 aliphatic carbocycles. The number of hydrogen-bond donors (Lipinski definition) is 3. The van der Waals surface area contributed by atoms with Crippen molar-refractivity contribution < 1.29 is 9.59 Å². The standard InChI is InChI=1S/C15H30N2O2S2/c1-5-6-7-8-9-12(18)16-14(11(2)3)15(19)17-13(10-20)21-4/h11,13-14,20H,5-10H2,1-4H3,(H,16,18)(H,17,19)/t13-,14+/m1/s1. The van der Waals surface area contributed by atoms with Crippen molar-refractivity contribution in [2.45, 2.75) is 64.3 Å². The van der Waals surface area contributed by atoms with Gasteiger partial charge >= 0.3 is 0 Å². The van der Waals surface area contributed by atoms with Gasteiger partial charge < -0.3 is 10.6 Å². The molecule has 0 aliphatic heterocycles. The molecule has 0 aromatic carbocycles. The molecule has 0 rings (SSSR count). The first kappa shape index (κ1) is 20.6. The second-order valence-corrected chi connectivity index (χ2v) is 6.92. The van der Waals surface area contributed by atoms with Crippen molar-refractivity contribution in [1.29, 1.82) is 0 Å². The van der Waals surface area contributed by atoms with Crippen molar-refractivity contribution in [3.8, 4) is 0 Å². The molecule has 21 heavy (non-hydrogen) atoms. The molecule has 0 aromatic rings. The molecule has 4 nitrogen and oxygen atoms in total. The number of thioether (sulfide) groups is 1. The maximum Gasteiger partial charge on any atom is 0.243 e. The normalized spacial score (nSPS) is 13.8. The molecule has 2 atom stereocenters. The lowest BCUT2D eigenvalue weighted by Gasteiger charge is -2.24. The second-order valence-electron chi connectivity index (χ2n) is 5.52. The van der Waals surface area contributed by atoms with Crippen LogP contribution in [0, 0.1) is 5.92 Å². The van der Waals surface area contributed by atoms with Gasteiger partial charge in [0.1, 0.15) is 6.04 Å². The highest BCUT2D eigenvalue weighted by Gasteiger charge is 2.25. The maximum absolute atomic E-state index is 12.3. The zero-order chi connectivity index (χ0) is 16.3. The zero-order valence-corrected chi connectivity index (χ0v) is 15.4. The highest BCUT2D eigenvalue weighted by Crippen LogP contribution is 2.09. The molecule has 124 valence electrons. The summed E-state index contributed by atoms with van der Waals surface area (Å²) in [6.07, 6.45) is 6.68. The van der Waals surface area contributed by atoms with Crippen LogP contribution in [-0.2, 0) is 9.59 Å². The van der Waals surface area contributed by atoms with Gasteiger partial charge in [0, 0.05) is 12.2 Å². The van der Waals surface area contributed by atoms with Crippen LogP contribution >= 0.6 is 24.4 Å². The Balaban J connectivity index is 4.34. The number of carbonyl (C=O) groups is 2. The molecule has 0 saturated heterocycles. The van der Waals surface area contributed by atoms with Crippen LogP contribution in [0.1, 0.15) is 52.9 Å². The first-order valence-corrected chi connectivity index (χ1v) is 9.61. The van der Waals surface area contributed by atoms with Crippen LogP contribution in [0.25, 0.3) is 0 Å². The van der Waals surface area contributed by atoms with Crippen LogP contribution in [0.2, 0.25) is 0 Å². The van der Waals surface area contributed by atoms with Crippen LogP contribution in [0.3, 0.4) is 0 Å². The number of unbranched alkanes of at least 4 members (excludes halogenated alkanes) is 3. The molecule has 6 heteroatoms. The Labute approximate surface area is 139 Å². The summed E-state index contributed by atoms with van der Waals surface area (Å²) in [4.78, 5) is 24.2. The smallest absolute Gasteiger partial charge is 0.243 e. The fraction of sp³-hybridized carbons (Fsp3) is 0.867. The topological polar surface area (TPSA) is 58.2 Å². The summed E-state index contributed by atoms with van der Waals surface area (Å²) in [6.45, 7) is 6.02. The van der Waals surface area contributed by atoms with E-state index in [1.54, 1.807) is 11.8 Å². The lowest BCUT2D eigenvalue weighted by Crippen LogP contribution is -2.51. The molecule has 0 radical (unpaired) electrons. The van der Waals surface area contributed by atoms with E-state index in [9.17, 15) is 9.59 Å². The van der Waals surface area contributed by atoms with Crippen molar-refractivity contribution >= 4 is 36.2 Å². The Hall–Kier alpha value is -0.360. The highest BCUT2D eigenvalue weighted by atomic mass is 32.2. The predicted molar refractivity (Wildman–Crippen MR) is 94.8 cm³/mol. The van der Waals surface area contributed by atoms with E-state index in [2.05, 4.69) is 30.2 Å². The molecular formula is C15H30N2O2S2. The van der Waals surface area contributed by atoms with Crippen molar-refractivity contribution in [3.63, 3.8) is 0 Å². The Morgan fingerprint density at radius 1 is 1.14 bits per heavy atom. The van der Waals surface area contributed by atoms with Crippen molar-refractivity contribution in [2.24, 2.45) is 5.92 Å². The average molecular weight is 335 g/mol. The molecule has 0 heterocycles. The minimum atomic E-state index is -0.474. The van der Waals surface area contributed by atoms with Crippen LogP contribution < -0.4 is 10.6 Å². The van der Waals surface area contributed by atoms with Gasteiger partial charge in [0.05, 0.1) is 5.37 Å². The maximum atomic E-state index is 12.3. The van der Waals surface area contributed by atoms with E-state index in [0.717, 1.165) is 25.7 Å². The molecule has 0 fully saturated rings. The first-order valence-electron chi connectivity index (χ1n) is 7.69. The van der Waals surface area contributed by atoms with Gasteiger partial charge in [0.2, 0.25) is 11.8 Å². The Morgan fingerprint density at radius 2 is 1.81 bits per heavy atom.